The SMILES string of the molecule is O=C(CN(C(=O)c1ccccc1Cl)N1C(=O)[C@@H]2[C@H](C1=O)[C@H]1C=C[C@H]2C1)c1ccccc1. The number of halogens is 1. The fraction of sp³-hybridized carbons (Fsp3) is 0.250. The van der Waals surface area contributed by atoms with Gasteiger partial charge in [-0.15, -0.1) is 0 Å². The number of carbonyl (C=O) groups excluding carboxylic acids is 4. The summed E-state index contributed by atoms with van der Waals surface area (Å²) in [6.07, 6.45) is 4.74. The molecule has 1 heterocycles. The van der Waals surface area contributed by atoms with Gasteiger partial charge in [0.15, 0.2) is 5.78 Å². The highest BCUT2D eigenvalue weighted by Crippen LogP contribution is 2.52. The highest BCUT2D eigenvalue weighted by molar-refractivity contribution is 6.34. The van der Waals surface area contributed by atoms with Crippen molar-refractivity contribution in [2.24, 2.45) is 23.7 Å². The summed E-state index contributed by atoms with van der Waals surface area (Å²) in [4.78, 5) is 53.0. The first-order valence-electron chi connectivity index (χ1n) is 10.2. The number of amides is 3. The Hall–Kier alpha value is -3.25. The molecular weight excluding hydrogens is 416 g/mol. The smallest absolute Gasteiger partial charge is 0.274 e. The Morgan fingerprint density at radius 3 is 2.10 bits per heavy atom. The van der Waals surface area contributed by atoms with Crippen LogP contribution >= 0.6 is 11.6 Å². The molecule has 2 fully saturated rings. The first-order valence-corrected chi connectivity index (χ1v) is 10.6. The lowest BCUT2D eigenvalue weighted by atomic mass is 9.85. The molecule has 2 bridgehead atoms. The number of fused-ring (bicyclic) bond motifs is 5. The first-order chi connectivity index (χ1) is 15.0. The Morgan fingerprint density at radius 1 is 0.903 bits per heavy atom. The largest absolute Gasteiger partial charge is 0.292 e. The number of hydrazine groups is 1. The lowest BCUT2D eigenvalue weighted by molar-refractivity contribution is -0.154. The molecule has 5 rings (SSSR count). The molecule has 0 spiro atoms. The van der Waals surface area contributed by atoms with Crippen LogP contribution in [0.15, 0.2) is 66.7 Å². The van der Waals surface area contributed by atoms with Crippen LogP contribution in [0.2, 0.25) is 5.02 Å². The van der Waals surface area contributed by atoms with Crippen LogP contribution in [0.25, 0.3) is 0 Å². The van der Waals surface area contributed by atoms with E-state index in [1.165, 1.54) is 6.07 Å². The topological polar surface area (TPSA) is 74.8 Å². The second-order valence-electron chi connectivity index (χ2n) is 8.12. The normalized spacial score (nSPS) is 25.8. The van der Waals surface area contributed by atoms with E-state index in [9.17, 15) is 19.2 Å². The molecule has 3 amide bonds. The van der Waals surface area contributed by atoms with Gasteiger partial charge < -0.3 is 0 Å². The van der Waals surface area contributed by atoms with E-state index >= 15 is 0 Å². The summed E-state index contributed by atoms with van der Waals surface area (Å²) in [5.41, 5.74) is 0.518. The number of benzene rings is 2. The van der Waals surface area contributed by atoms with E-state index in [1.807, 2.05) is 12.2 Å². The Labute approximate surface area is 184 Å². The van der Waals surface area contributed by atoms with E-state index in [1.54, 1.807) is 48.5 Å². The van der Waals surface area contributed by atoms with Gasteiger partial charge in [-0.1, -0.05) is 66.2 Å². The summed E-state index contributed by atoms with van der Waals surface area (Å²) in [6.45, 7) is -0.437. The van der Waals surface area contributed by atoms with E-state index < -0.39 is 36.1 Å². The predicted molar refractivity (Wildman–Crippen MR) is 113 cm³/mol. The van der Waals surface area contributed by atoms with Crippen molar-refractivity contribution in [3.63, 3.8) is 0 Å². The van der Waals surface area contributed by atoms with Gasteiger partial charge in [-0.3, -0.25) is 19.2 Å². The van der Waals surface area contributed by atoms with Crippen LogP contribution in [0.4, 0.5) is 0 Å². The Morgan fingerprint density at radius 2 is 1.48 bits per heavy atom. The zero-order chi connectivity index (χ0) is 21.7. The van der Waals surface area contributed by atoms with Crippen LogP contribution in [0.5, 0.6) is 0 Å². The lowest BCUT2D eigenvalue weighted by Crippen LogP contribution is -2.52. The zero-order valence-electron chi connectivity index (χ0n) is 16.5. The molecule has 1 saturated heterocycles. The van der Waals surface area contributed by atoms with E-state index in [-0.39, 0.29) is 28.2 Å². The van der Waals surface area contributed by atoms with Gasteiger partial charge in [-0.2, -0.15) is 5.01 Å². The molecule has 4 atom stereocenters. The average Bonchev–Trinajstić information content (AvgIpc) is 3.46. The molecule has 3 aliphatic rings. The number of hydrogen-bond acceptors (Lipinski definition) is 4. The summed E-state index contributed by atoms with van der Waals surface area (Å²) in [6, 6.07) is 14.9. The van der Waals surface area contributed by atoms with Crippen LogP contribution in [0, 0.1) is 23.7 Å². The van der Waals surface area contributed by atoms with Crippen molar-refractivity contribution in [1.29, 1.82) is 0 Å². The number of allylic oxidation sites excluding steroid dienone is 2. The number of ketones is 1. The Kier molecular flexibility index (Phi) is 4.74. The minimum atomic E-state index is -0.656. The molecule has 2 aromatic carbocycles. The third-order valence-corrected chi connectivity index (χ3v) is 6.75. The summed E-state index contributed by atoms with van der Waals surface area (Å²) in [5.74, 6) is -2.83. The molecule has 6 nitrogen and oxygen atoms in total. The quantitative estimate of drug-likeness (QED) is 0.410. The van der Waals surface area contributed by atoms with Crippen LogP contribution in [0.1, 0.15) is 27.1 Å². The molecular formula is C24H19ClN2O4. The molecule has 2 aromatic rings. The van der Waals surface area contributed by atoms with Gasteiger partial charge in [0.25, 0.3) is 17.7 Å². The zero-order valence-corrected chi connectivity index (χ0v) is 17.2. The number of imide groups is 1. The summed E-state index contributed by atoms with van der Waals surface area (Å²) in [5, 5.41) is 2.05. The van der Waals surface area contributed by atoms with E-state index in [4.69, 9.17) is 11.6 Å². The molecule has 1 aliphatic heterocycles. The van der Waals surface area contributed by atoms with Crippen molar-refractivity contribution in [3.05, 3.63) is 82.9 Å². The van der Waals surface area contributed by atoms with Crippen LogP contribution in [-0.4, -0.2) is 40.1 Å². The van der Waals surface area contributed by atoms with Crippen molar-refractivity contribution in [1.82, 2.24) is 10.0 Å². The summed E-state index contributed by atoms with van der Waals surface area (Å²) >= 11 is 6.22. The predicted octanol–water partition coefficient (Wildman–Crippen LogP) is 3.39. The maximum atomic E-state index is 13.4. The molecule has 0 unspecified atom stereocenters. The van der Waals surface area contributed by atoms with Crippen molar-refractivity contribution in [2.45, 2.75) is 6.42 Å². The Balaban J connectivity index is 1.52. The maximum absolute atomic E-state index is 13.4. The fourth-order valence-corrected chi connectivity index (χ4v) is 5.20. The van der Waals surface area contributed by atoms with Gasteiger partial charge in [0.05, 0.1) is 22.4 Å². The maximum Gasteiger partial charge on any atom is 0.274 e. The van der Waals surface area contributed by atoms with Crippen molar-refractivity contribution < 1.29 is 19.2 Å². The summed E-state index contributed by atoms with van der Waals surface area (Å²) in [7, 11) is 0. The second-order valence-corrected chi connectivity index (χ2v) is 8.53. The minimum absolute atomic E-state index is 0.00135. The van der Waals surface area contributed by atoms with Gasteiger partial charge >= 0.3 is 0 Å². The third kappa shape index (κ3) is 3.10. The molecule has 0 aromatic heterocycles. The second kappa shape index (κ2) is 7.46. The molecule has 0 N–H and O–H groups in total. The highest BCUT2D eigenvalue weighted by Gasteiger charge is 2.61. The molecule has 7 heteroatoms. The third-order valence-electron chi connectivity index (χ3n) is 6.42. The molecule has 31 heavy (non-hydrogen) atoms. The molecule has 0 radical (unpaired) electrons. The molecule has 1 saturated carbocycles. The summed E-state index contributed by atoms with van der Waals surface area (Å²) < 4.78 is 0. The van der Waals surface area contributed by atoms with Gasteiger partial charge in [0.2, 0.25) is 0 Å². The van der Waals surface area contributed by atoms with E-state index in [2.05, 4.69) is 0 Å². The standard InChI is InChI=1S/C24H19ClN2O4/c25-18-9-5-4-8-17(18)22(29)26(13-19(28)14-6-2-1-3-7-14)27-23(30)20-15-10-11-16(12-15)21(20)24(27)31/h1-11,15-16,20-21H,12-13H2/t15-,16-,20-,21+/m0/s1. The van der Waals surface area contributed by atoms with Crippen LogP contribution in [0.3, 0.4) is 0 Å². The number of nitrogens with zero attached hydrogens (tertiary/aromatic N) is 2. The first kappa shape index (κ1) is 19.7. The minimum Gasteiger partial charge on any atom is -0.292 e. The van der Waals surface area contributed by atoms with Crippen molar-refractivity contribution in [2.75, 3.05) is 6.54 Å². The number of rotatable bonds is 5. The lowest BCUT2D eigenvalue weighted by Gasteiger charge is -2.31. The van der Waals surface area contributed by atoms with Gasteiger partial charge in [0.1, 0.15) is 6.54 Å². The van der Waals surface area contributed by atoms with Gasteiger partial charge in [0, 0.05) is 5.56 Å². The van der Waals surface area contributed by atoms with Crippen molar-refractivity contribution in [3.8, 4) is 0 Å². The van der Waals surface area contributed by atoms with Gasteiger partial charge in [-0.05, 0) is 30.4 Å². The van der Waals surface area contributed by atoms with Crippen LogP contribution < -0.4 is 0 Å². The number of hydrogen-bond donors (Lipinski definition) is 0. The van der Waals surface area contributed by atoms with Crippen molar-refractivity contribution >= 4 is 35.1 Å². The van der Waals surface area contributed by atoms with E-state index in [0.717, 1.165) is 16.4 Å². The highest BCUT2D eigenvalue weighted by atomic mass is 35.5. The van der Waals surface area contributed by atoms with Crippen LogP contribution in [-0.2, 0) is 9.59 Å². The molecule has 156 valence electrons. The fourth-order valence-electron chi connectivity index (χ4n) is 4.98. The number of Topliss-reactive ketones (excluding diaryl/α,β-unsaturated/α-hetero) is 1. The van der Waals surface area contributed by atoms with Gasteiger partial charge in [-0.25, -0.2) is 5.01 Å². The monoisotopic (exact) mass is 434 g/mol. The molecule has 2 aliphatic carbocycles. The van der Waals surface area contributed by atoms with E-state index in [0.29, 0.717) is 5.56 Å². The Bertz CT molecular complexity index is 1100. The number of carbonyl (C=O) groups is 4. The average molecular weight is 435 g/mol.